The number of rotatable bonds is 0. The fraction of sp³-hybridized carbons (Fsp3) is 0. The largest absolute Gasteiger partial charge is 0.153 e. The molecule has 302 valence electrons. The van der Waals surface area contributed by atoms with Crippen LogP contribution in [0.15, 0.2) is 0 Å². The number of hydrogen-bond acceptors (Lipinski definition) is 0. The van der Waals surface area contributed by atoms with Crippen molar-refractivity contribution in [2.24, 2.45) is 0 Å². The Morgan fingerprint density at radius 2 is 0.0202 bits per heavy atom. The first-order chi connectivity index (χ1) is 0. The quantitative estimate of drug-likeness (QED) is 0.296. The van der Waals surface area contributed by atoms with Gasteiger partial charge in [0.15, 0.2) is 0 Å². The Balaban J connectivity index is 0. The minimum atomic E-state index is 0. The minimum Gasteiger partial charge on any atom is -0.153 e. The molecule has 0 aromatic rings. The average molecular weight is 8750 g/mol. The molecule has 0 rings (SSSR count). The second kappa shape index (κ2) is 740. The predicted octanol–water partition coefficient (Wildman–Crippen LogP) is -0.187. The molecule has 99 heteroatoms. The third kappa shape index (κ3) is 733. The monoisotopic (exact) mass is 8750 g/mol. The van der Waals surface area contributed by atoms with E-state index in [-0.39, 0.29) is 3220 Å². The first-order valence-electron chi connectivity index (χ1n) is 0. The van der Waals surface area contributed by atoms with E-state index < -0.39 is 0 Å². The molecule has 0 bridgehead atoms. The maximum absolute atomic E-state index is 0. The van der Waals surface area contributed by atoms with Crippen molar-refractivity contribution >= 4 is 9.90 Å². The van der Waals surface area contributed by atoms with E-state index >= 15 is 0 Å². The zero-order chi connectivity index (χ0) is 0. The second-order valence-electron chi connectivity index (χ2n) is 0. The molecule has 0 spiro atoms. The molecule has 0 saturated heterocycles. The van der Waals surface area contributed by atoms with E-state index in [0.29, 0.717) is 0 Å². The van der Waals surface area contributed by atoms with Crippen molar-refractivity contribution in [2.75, 3.05) is 0 Å². The molecule has 99 heavy (non-hydrogen) atoms. The SMILES string of the molecule is P.[Y].[Y].[Y].[Y].[Y].[Y].[Y].[Y].[Y].[Y].[Y].[Y].[Y].[Y].[Y].[Y].[Y].[Y].[Y].[Y].[Y].[Y].[Y].[Y].[Y].[Y].[Y].[Y].[Y].[Y].[Y].[Y].[Y].[Y].[Y].[Y].[Y].[Y].[Y].[Y].[Y].[Y].[Y].[Y].[Y].[Y].[Y].[Y].[Y].[Y].[Y].[Y].[Y].[Y].[Y].[Y].[Y].[Y].[Y].[Y].[Y].[Y].[Y].[Y].[Y].[Y].[Y].[Y].[Y].[Y].[Y].[Y].[Y].[Y].[Y].[Y].[Y].[Y].[Y].[Y].[Y].[Y].[Y].[Y].[Y].[Y].[Y].[Y].[Y].[Y].[Y].[Y].[Y].[Y].[Y].[Y].[Y].[Y]. The van der Waals surface area contributed by atoms with E-state index in [0.717, 1.165) is 0 Å². The van der Waals surface area contributed by atoms with Crippen LogP contribution in [0.4, 0.5) is 0 Å². The van der Waals surface area contributed by atoms with Gasteiger partial charge in [-0.15, -0.1) is 0 Å². The summed E-state index contributed by atoms with van der Waals surface area (Å²) in [6, 6.07) is 0. The summed E-state index contributed by atoms with van der Waals surface area (Å²) in [5.41, 5.74) is 0. The third-order valence-corrected chi connectivity index (χ3v) is 0. The third-order valence-electron chi connectivity index (χ3n) is 0. The van der Waals surface area contributed by atoms with Crippen molar-refractivity contribution in [3.8, 4) is 0 Å². The first-order valence-corrected chi connectivity index (χ1v) is 0. The van der Waals surface area contributed by atoms with Crippen molar-refractivity contribution in [3.63, 3.8) is 0 Å². The molecule has 1 atom stereocenters. The molecule has 0 fully saturated rings. The van der Waals surface area contributed by atoms with Gasteiger partial charge in [-0.25, -0.2) is 0 Å². The summed E-state index contributed by atoms with van der Waals surface area (Å²) in [6.07, 6.45) is 0. The van der Waals surface area contributed by atoms with Crippen LogP contribution < -0.4 is 0 Å². The van der Waals surface area contributed by atoms with Crippen LogP contribution in [-0.4, -0.2) is 0 Å². The van der Waals surface area contributed by atoms with Gasteiger partial charge in [0, 0.05) is 3210 Å². The van der Waals surface area contributed by atoms with Gasteiger partial charge in [-0.3, -0.25) is 0 Å². The van der Waals surface area contributed by atoms with Gasteiger partial charge >= 0.3 is 0 Å². The molecule has 0 aromatic heterocycles. The van der Waals surface area contributed by atoms with E-state index in [1.165, 1.54) is 0 Å². The van der Waals surface area contributed by atoms with E-state index in [9.17, 15) is 0 Å². The van der Waals surface area contributed by atoms with Gasteiger partial charge in [-0.05, 0) is 0 Å². The molecule has 0 aliphatic rings. The summed E-state index contributed by atoms with van der Waals surface area (Å²) in [5.74, 6) is 0. The summed E-state index contributed by atoms with van der Waals surface area (Å²) in [4.78, 5) is 0. The molecule has 0 amide bonds. The van der Waals surface area contributed by atoms with Gasteiger partial charge in [0.2, 0.25) is 0 Å². The van der Waals surface area contributed by atoms with Crippen molar-refractivity contribution in [1.29, 1.82) is 0 Å². The second-order valence-corrected chi connectivity index (χ2v) is 0. The van der Waals surface area contributed by atoms with Crippen molar-refractivity contribution < 1.29 is 3210 Å². The van der Waals surface area contributed by atoms with Gasteiger partial charge < -0.3 is 0 Å². The fourth-order valence-electron chi connectivity index (χ4n) is 0. The van der Waals surface area contributed by atoms with Crippen LogP contribution in [0.5, 0.6) is 0 Å². The normalized spacial score (nSPS) is 0. The van der Waals surface area contributed by atoms with Crippen molar-refractivity contribution in [2.45, 2.75) is 0 Å². The Hall–Kier alpha value is 109. The van der Waals surface area contributed by atoms with Gasteiger partial charge in [-0.1, -0.05) is 0 Å². The van der Waals surface area contributed by atoms with Crippen LogP contribution in [0, 0.1) is 0 Å². The average Bonchev–Trinajstić information content (AvgIpc) is 0. The van der Waals surface area contributed by atoms with Gasteiger partial charge in [0.1, 0.15) is 0 Å². The maximum atomic E-state index is 0. The Morgan fingerprint density at radius 3 is 0.0202 bits per heavy atom. The molecule has 0 nitrogen and oxygen atoms in total. The Morgan fingerprint density at radius 1 is 0.0202 bits per heavy atom. The molecule has 0 N–H and O–H groups in total. The number of hydrogen-bond donors (Lipinski definition) is 0. The van der Waals surface area contributed by atoms with Crippen LogP contribution in [0.2, 0.25) is 0 Å². The summed E-state index contributed by atoms with van der Waals surface area (Å²) in [7, 11) is 0. The van der Waals surface area contributed by atoms with Gasteiger partial charge in [0.05, 0.1) is 0 Å². The van der Waals surface area contributed by atoms with Gasteiger partial charge in [-0.2, -0.15) is 9.90 Å². The molecule has 0 saturated carbocycles. The van der Waals surface area contributed by atoms with E-state index in [2.05, 4.69) is 0 Å². The minimum absolute atomic E-state index is 0. The van der Waals surface area contributed by atoms with Crippen LogP contribution in [-0.2, 0) is 3210 Å². The van der Waals surface area contributed by atoms with Crippen LogP contribution in [0.1, 0.15) is 0 Å². The van der Waals surface area contributed by atoms with Crippen LogP contribution in [0.25, 0.3) is 0 Å². The zero-order valence-corrected chi connectivity index (χ0v) is 337. The van der Waals surface area contributed by atoms with Crippen molar-refractivity contribution in [3.05, 3.63) is 0 Å². The Kier molecular flexibility index (Phi) is 5620. The summed E-state index contributed by atoms with van der Waals surface area (Å²) in [5, 5.41) is 0. The standard InChI is InChI=1S/H3P.98Y/h1H3;;;;;;;;;;;;;;;;;;;;;;;;;;;;;;;;;;;;;;;;;;;;;;;;;;;;;;;;;;;;;;;;;;;;;;;;;;;;;;;;;;;;;;;;;;;;;;;;;;. The molecule has 0 heterocycles. The van der Waals surface area contributed by atoms with Crippen molar-refractivity contribution in [1.82, 2.24) is 0 Å². The molecule has 1 unspecified atom stereocenters. The smallest absolute Gasteiger partial charge is 0 e. The maximum Gasteiger partial charge on any atom is 0 e. The summed E-state index contributed by atoms with van der Waals surface area (Å²) in [6.45, 7) is 0. The molecule has 0 aliphatic heterocycles. The van der Waals surface area contributed by atoms with Gasteiger partial charge in [0.25, 0.3) is 0 Å². The summed E-state index contributed by atoms with van der Waals surface area (Å²) < 4.78 is 0. The molecule has 0 aromatic carbocycles. The molecular weight excluding hydrogens is 8740 g/mol. The topological polar surface area (TPSA) is 0 Å². The molecule has 0 aliphatic carbocycles. The van der Waals surface area contributed by atoms with E-state index in [1.54, 1.807) is 0 Å². The van der Waals surface area contributed by atoms with E-state index in [4.69, 9.17) is 0 Å². The molecule has 98 radical (unpaired) electrons. The molecular formula is H3PY98. The van der Waals surface area contributed by atoms with Crippen LogP contribution in [0.3, 0.4) is 0 Å². The Bertz CT molecular complexity index is 8.06. The van der Waals surface area contributed by atoms with Crippen LogP contribution >= 0.6 is 9.90 Å². The predicted molar refractivity (Wildman–Crippen MR) is 11.1 cm³/mol. The first kappa shape index (κ1) is 751. The summed E-state index contributed by atoms with van der Waals surface area (Å²) >= 11 is 0. The zero-order valence-electron chi connectivity index (χ0n) is 57.3. The Labute approximate surface area is 3090 Å². The fourth-order valence-corrected chi connectivity index (χ4v) is 0. The van der Waals surface area contributed by atoms with E-state index in [1.807, 2.05) is 0 Å².